The number of amides is 2. The SMILES string of the molecule is O=C(NCC(F)(F)F)N1CCN(S(=O)(=O)c2cccc(F)c2)CC1. The Labute approximate surface area is 136 Å². The molecule has 0 aliphatic carbocycles. The number of halogens is 4. The second-order valence-electron chi connectivity index (χ2n) is 5.12. The van der Waals surface area contributed by atoms with Gasteiger partial charge in [-0.2, -0.15) is 17.5 Å². The van der Waals surface area contributed by atoms with Crippen molar-refractivity contribution in [1.82, 2.24) is 14.5 Å². The summed E-state index contributed by atoms with van der Waals surface area (Å²) in [5.41, 5.74) is 0. The summed E-state index contributed by atoms with van der Waals surface area (Å²) in [6.45, 7) is -1.74. The van der Waals surface area contributed by atoms with Crippen molar-refractivity contribution in [2.75, 3.05) is 32.7 Å². The van der Waals surface area contributed by atoms with Gasteiger partial charge in [-0.3, -0.25) is 0 Å². The Morgan fingerprint density at radius 1 is 1.17 bits per heavy atom. The van der Waals surface area contributed by atoms with E-state index in [-0.39, 0.29) is 31.1 Å². The highest BCUT2D eigenvalue weighted by molar-refractivity contribution is 7.89. The smallest absolute Gasteiger partial charge is 0.329 e. The number of carbonyl (C=O) groups is 1. The number of benzene rings is 1. The lowest BCUT2D eigenvalue weighted by molar-refractivity contribution is -0.123. The zero-order valence-electron chi connectivity index (χ0n) is 12.4. The van der Waals surface area contributed by atoms with Gasteiger partial charge in [-0.25, -0.2) is 17.6 Å². The normalized spacial score (nSPS) is 16.9. The van der Waals surface area contributed by atoms with E-state index in [2.05, 4.69) is 0 Å². The zero-order valence-corrected chi connectivity index (χ0v) is 13.2. The number of rotatable bonds is 3. The number of carbonyl (C=O) groups excluding carboxylic acids is 1. The Kier molecular flexibility index (Phi) is 5.33. The molecule has 6 nitrogen and oxygen atoms in total. The standard InChI is InChI=1S/C13H15F4N3O3S/c14-10-2-1-3-11(8-10)24(22,23)20-6-4-19(5-7-20)12(21)18-9-13(15,16)17/h1-3,8H,4-7,9H2,(H,18,21). The molecule has 0 radical (unpaired) electrons. The molecule has 24 heavy (non-hydrogen) atoms. The van der Waals surface area contributed by atoms with Crippen LogP contribution in [-0.4, -0.2) is 62.6 Å². The van der Waals surface area contributed by atoms with E-state index in [1.54, 1.807) is 5.32 Å². The quantitative estimate of drug-likeness (QED) is 0.819. The molecule has 0 unspecified atom stereocenters. The van der Waals surface area contributed by atoms with Crippen molar-refractivity contribution in [3.8, 4) is 0 Å². The minimum absolute atomic E-state index is 0.0573. The summed E-state index contributed by atoms with van der Waals surface area (Å²) in [5, 5.41) is 1.73. The summed E-state index contributed by atoms with van der Waals surface area (Å²) < 4.78 is 75.2. The minimum Gasteiger partial charge on any atom is -0.329 e. The number of sulfonamides is 1. The fourth-order valence-electron chi connectivity index (χ4n) is 2.20. The maximum Gasteiger partial charge on any atom is 0.405 e. The van der Waals surface area contributed by atoms with Crippen LogP contribution in [0, 0.1) is 5.82 Å². The van der Waals surface area contributed by atoms with Crippen LogP contribution < -0.4 is 5.32 Å². The van der Waals surface area contributed by atoms with E-state index in [0.717, 1.165) is 21.3 Å². The molecule has 0 spiro atoms. The first kappa shape index (κ1) is 18.5. The largest absolute Gasteiger partial charge is 0.405 e. The first-order valence-corrected chi connectivity index (χ1v) is 8.39. The van der Waals surface area contributed by atoms with Crippen LogP contribution in [0.15, 0.2) is 29.2 Å². The van der Waals surface area contributed by atoms with Gasteiger partial charge in [0.2, 0.25) is 10.0 Å². The summed E-state index contributed by atoms with van der Waals surface area (Å²) in [6.07, 6.45) is -4.52. The van der Waals surface area contributed by atoms with Crippen LogP contribution in [-0.2, 0) is 10.0 Å². The van der Waals surface area contributed by atoms with Crippen molar-refractivity contribution in [2.45, 2.75) is 11.1 Å². The average molecular weight is 369 g/mol. The van der Waals surface area contributed by atoms with Gasteiger partial charge >= 0.3 is 12.2 Å². The van der Waals surface area contributed by atoms with Gasteiger partial charge in [0, 0.05) is 26.2 Å². The molecule has 134 valence electrons. The van der Waals surface area contributed by atoms with Crippen LogP contribution in [0.3, 0.4) is 0 Å². The molecule has 1 aliphatic heterocycles. The van der Waals surface area contributed by atoms with E-state index in [1.165, 1.54) is 12.1 Å². The van der Waals surface area contributed by atoms with Gasteiger partial charge in [-0.05, 0) is 18.2 Å². The number of hydrogen-bond acceptors (Lipinski definition) is 3. The molecule has 1 fully saturated rings. The lowest BCUT2D eigenvalue weighted by Gasteiger charge is -2.34. The van der Waals surface area contributed by atoms with E-state index in [4.69, 9.17) is 0 Å². The summed E-state index contributed by atoms with van der Waals surface area (Å²) in [6, 6.07) is 3.61. The number of hydrogen-bond donors (Lipinski definition) is 1. The topological polar surface area (TPSA) is 69.7 Å². The third kappa shape index (κ3) is 4.57. The van der Waals surface area contributed by atoms with Crippen molar-refractivity contribution >= 4 is 16.1 Å². The van der Waals surface area contributed by atoms with E-state index in [1.807, 2.05) is 0 Å². The van der Waals surface area contributed by atoms with Gasteiger partial charge in [0.05, 0.1) is 4.90 Å². The third-order valence-electron chi connectivity index (χ3n) is 3.40. The lowest BCUT2D eigenvalue weighted by atomic mass is 10.3. The Bertz CT molecular complexity index is 701. The molecule has 0 aromatic heterocycles. The molecular weight excluding hydrogens is 354 g/mol. The van der Waals surface area contributed by atoms with Crippen molar-refractivity contribution in [3.05, 3.63) is 30.1 Å². The van der Waals surface area contributed by atoms with Crippen molar-refractivity contribution in [1.29, 1.82) is 0 Å². The van der Waals surface area contributed by atoms with Gasteiger partial charge in [0.15, 0.2) is 0 Å². The van der Waals surface area contributed by atoms with Crippen LogP contribution in [0.1, 0.15) is 0 Å². The van der Waals surface area contributed by atoms with E-state index >= 15 is 0 Å². The van der Waals surface area contributed by atoms with Crippen LogP contribution in [0.25, 0.3) is 0 Å². The second-order valence-corrected chi connectivity index (χ2v) is 7.06. The number of nitrogens with zero attached hydrogens (tertiary/aromatic N) is 2. The molecule has 0 atom stereocenters. The Balaban J connectivity index is 1.96. The molecular formula is C13H15F4N3O3S. The summed E-state index contributed by atoms with van der Waals surface area (Å²) in [5.74, 6) is -0.693. The number of urea groups is 1. The first-order chi connectivity index (χ1) is 11.1. The number of nitrogens with one attached hydrogen (secondary N) is 1. The van der Waals surface area contributed by atoms with Gasteiger partial charge < -0.3 is 10.2 Å². The highest BCUT2D eigenvalue weighted by atomic mass is 32.2. The summed E-state index contributed by atoms with van der Waals surface area (Å²) >= 11 is 0. The lowest BCUT2D eigenvalue weighted by Crippen LogP contribution is -2.54. The predicted octanol–water partition coefficient (Wildman–Crippen LogP) is 1.40. The van der Waals surface area contributed by atoms with E-state index in [0.29, 0.717) is 0 Å². The van der Waals surface area contributed by atoms with Gasteiger partial charge in [-0.1, -0.05) is 6.07 Å². The minimum atomic E-state index is -4.52. The Hall–Kier alpha value is -1.88. The zero-order chi connectivity index (χ0) is 18.0. The first-order valence-electron chi connectivity index (χ1n) is 6.95. The van der Waals surface area contributed by atoms with Crippen LogP contribution >= 0.6 is 0 Å². The van der Waals surface area contributed by atoms with Crippen molar-refractivity contribution in [3.63, 3.8) is 0 Å². The second kappa shape index (κ2) is 6.93. The molecule has 2 amide bonds. The Morgan fingerprint density at radius 3 is 2.33 bits per heavy atom. The molecule has 1 aromatic carbocycles. The maximum absolute atomic E-state index is 13.2. The molecule has 1 saturated heterocycles. The maximum atomic E-state index is 13.2. The third-order valence-corrected chi connectivity index (χ3v) is 5.29. The molecule has 1 heterocycles. The van der Waals surface area contributed by atoms with Crippen LogP contribution in [0.5, 0.6) is 0 Å². The van der Waals surface area contributed by atoms with E-state index < -0.39 is 34.6 Å². The van der Waals surface area contributed by atoms with Gasteiger partial charge in [-0.15, -0.1) is 0 Å². The molecule has 2 rings (SSSR count). The molecule has 0 saturated carbocycles. The number of alkyl halides is 3. The van der Waals surface area contributed by atoms with Crippen LogP contribution in [0.2, 0.25) is 0 Å². The van der Waals surface area contributed by atoms with Crippen molar-refractivity contribution < 1.29 is 30.8 Å². The monoisotopic (exact) mass is 369 g/mol. The Morgan fingerprint density at radius 2 is 1.79 bits per heavy atom. The molecule has 1 N–H and O–H groups in total. The van der Waals surface area contributed by atoms with Crippen LogP contribution in [0.4, 0.5) is 22.4 Å². The van der Waals surface area contributed by atoms with Gasteiger partial charge in [0.1, 0.15) is 12.4 Å². The fraction of sp³-hybridized carbons (Fsp3) is 0.462. The molecule has 11 heteroatoms. The summed E-state index contributed by atoms with van der Waals surface area (Å²) in [7, 11) is -3.91. The average Bonchev–Trinajstić information content (AvgIpc) is 2.52. The number of piperazine rings is 1. The van der Waals surface area contributed by atoms with E-state index in [9.17, 15) is 30.8 Å². The van der Waals surface area contributed by atoms with Crippen molar-refractivity contribution in [2.24, 2.45) is 0 Å². The highest BCUT2D eigenvalue weighted by Gasteiger charge is 2.32. The predicted molar refractivity (Wildman–Crippen MR) is 76.2 cm³/mol. The fourth-order valence-corrected chi connectivity index (χ4v) is 3.65. The molecule has 1 aliphatic rings. The van der Waals surface area contributed by atoms with Gasteiger partial charge in [0.25, 0.3) is 0 Å². The molecule has 0 bridgehead atoms. The highest BCUT2D eigenvalue weighted by Crippen LogP contribution is 2.18. The summed E-state index contributed by atoms with van der Waals surface area (Å²) in [4.78, 5) is 12.5. The molecule has 1 aromatic rings.